The van der Waals surface area contributed by atoms with Crippen LogP contribution in [0.1, 0.15) is 31.7 Å². The molecule has 1 heterocycles. The Hall–Kier alpha value is -1.50. The summed E-state index contributed by atoms with van der Waals surface area (Å²) >= 11 is 0. The van der Waals surface area contributed by atoms with Crippen LogP contribution in [0.3, 0.4) is 0 Å². The molecule has 126 valence electrons. The average molecular weight is 336 g/mol. The maximum atomic E-state index is 13.1. The fourth-order valence-corrected chi connectivity index (χ4v) is 4.29. The molecule has 23 heavy (non-hydrogen) atoms. The lowest BCUT2D eigenvalue weighted by molar-refractivity contribution is 0.268. The first-order valence-electron chi connectivity index (χ1n) is 7.97. The Kier molecular flexibility index (Phi) is 6.10. The second kappa shape index (κ2) is 7.86. The zero-order chi connectivity index (χ0) is 16.9. The molecule has 1 aromatic carbocycles. The van der Waals surface area contributed by atoms with Gasteiger partial charge in [0.15, 0.2) is 0 Å². The number of unbranched alkanes of at least 4 members (excludes halogenated alkanes) is 1. The number of aliphatic hydroxyl groups is 1. The maximum absolute atomic E-state index is 13.1. The fourth-order valence-electron chi connectivity index (χ4n) is 2.59. The Morgan fingerprint density at radius 1 is 1.17 bits per heavy atom. The molecule has 0 bridgehead atoms. The molecular formula is C17H24N2O3S. The van der Waals surface area contributed by atoms with Gasteiger partial charge in [-0.15, -0.1) is 0 Å². The molecule has 0 aliphatic carbocycles. The number of nitrogens with zero attached hydrogens (tertiary/aromatic N) is 2. The number of rotatable bonds is 8. The van der Waals surface area contributed by atoms with Crippen molar-refractivity contribution in [2.24, 2.45) is 0 Å². The minimum absolute atomic E-state index is 0.0195. The summed E-state index contributed by atoms with van der Waals surface area (Å²) < 4.78 is 27.6. The number of benzene rings is 1. The van der Waals surface area contributed by atoms with Crippen LogP contribution in [0.15, 0.2) is 35.4 Å². The van der Waals surface area contributed by atoms with Gasteiger partial charge in [-0.3, -0.25) is 4.98 Å². The lowest BCUT2D eigenvalue weighted by Gasteiger charge is -2.22. The molecule has 0 aliphatic rings. The van der Waals surface area contributed by atoms with Gasteiger partial charge in [-0.1, -0.05) is 19.4 Å². The van der Waals surface area contributed by atoms with Crippen LogP contribution < -0.4 is 0 Å². The summed E-state index contributed by atoms with van der Waals surface area (Å²) in [6, 6.07) is 7.01. The number of aliphatic hydroxyl groups excluding tert-OH is 1. The van der Waals surface area contributed by atoms with E-state index in [4.69, 9.17) is 5.11 Å². The summed E-state index contributed by atoms with van der Waals surface area (Å²) in [5.74, 6) is 0. The van der Waals surface area contributed by atoms with Crippen molar-refractivity contribution in [2.75, 3.05) is 19.7 Å². The number of sulfonamides is 1. The van der Waals surface area contributed by atoms with E-state index in [0.717, 1.165) is 18.4 Å². The van der Waals surface area contributed by atoms with E-state index in [1.807, 2.05) is 13.8 Å². The van der Waals surface area contributed by atoms with Gasteiger partial charge in [0.2, 0.25) is 10.0 Å². The zero-order valence-corrected chi connectivity index (χ0v) is 14.5. The third-order valence-electron chi connectivity index (χ3n) is 3.88. The van der Waals surface area contributed by atoms with Gasteiger partial charge in [0.05, 0.1) is 10.4 Å². The van der Waals surface area contributed by atoms with Crippen molar-refractivity contribution >= 4 is 20.9 Å². The summed E-state index contributed by atoms with van der Waals surface area (Å²) in [4.78, 5) is 4.61. The van der Waals surface area contributed by atoms with Crippen molar-refractivity contribution in [1.29, 1.82) is 0 Å². The highest BCUT2D eigenvalue weighted by Gasteiger charge is 2.26. The largest absolute Gasteiger partial charge is 0.396 e. The third-order valence-corrected chi connectivity index (χ3v) is 5.83. The Bertz CT molecular complexity index is 752. The predicted octanol–water partition coefficient (Wildman–Crippen LogP) is 2.72. The molecule has 0 saturated carbocycles. The van der Waals surface area contributed by atoms with Crippen LogP contribution in [-0.4, -0.2) is 42.5 Å². The van der Waals surface area contributed by atoms with Gasteiger partial charge in [-0.2, -0.15) is 4.31 Å². The number of hydrogen-bond donors (Lipinski definition) is 1. The Labute approximate surface area is 138 Å². The van der Waals surface area contributed by atoms with Crippen LogP contribution in [0.25, 0.3) is 10.9 Å². The van der Waals surface area contributed by atoms with E-state index >= 15 is 0 Å². The van der Waals surface area contributed by atoms with Crippen molar-refractivity contribution in [1.82, 2.24) is 9.29 Å². The second-order valence-electron chi connectivity index (χ2n) is 5.61. The number of fused-ring (bicyclic) bond motifs is 1. The van der Waals surface area contributed by atoms with Gasteiger partial charge in [-0.05, 0) is 43.5 Å². The molecule has 0 unspecified atom stereocenters. The number of hydrogen-bond acceptors (Lipinski definition) is 4. The molecule has 0 aliphatic heterocycles. The van der Waals surface area contributed by atoms with Crippen LogP contribution in [0, 0.1) is 6.92 Å². The van der Waals surface area contributed by atoms with Crippen molar-refractivity contribution < 1.29 is 13.5 Å². The first kappa shape index (κ1) is 17.8. The van der Waals surface area contributed by atoms with Crippen molar-refractivity contribution in [3.63, 3.8) is 0 Å². The minimum atomic E-state index is -3.61. The lowest BCUT2D eigenvalue weighted by atomic mass is 10.1. The molecule has 0 saturated heterocycles. The molecule has 6 heteroatoms. The molecule has 2 aromatic rings. The highest BCUT2D eigenvalue weighted by molar-refractivity contribution is 7.89. The van der Waals surface area contributed by atoms with E-state index in [2.05, 4.69) is 4.98 Å². The van der Waals surface area contributed by atoms with Crippen LogP contribution in [-0.2, 0) is 10.0 Å². The van der Waals surface area contributed by atoms with Crippen LogP contribution in [0.4, 0.5) is 0 Å². The molecule has 0 amide bonds. The third kappa shape index (κ3) is 3.88. The van der Waals surface area contributed by atoms with Gasteiger partial charge < -0.3 is 5.11 Å². The highest BCUT2D eigenvalue weighted by Crippen LogP contribution is 2.27. The Morgan fingerprint density at radius 2 is 1.91 bits per heavy atom. The van der Waals surface area contributed by atoms with Crippen LogP contribution in [0.5, 0.6) is 0 Å². The van der Waals surface area contributed by atoms with E-state index in [1.165, 1.54) is 4.31 Å². The van der Waals surface area contributed by atoms with Gasteiger partial charge in [-0.25, -0.2) is 8.42 Å². The summed E-state index contributed by atoms with van der Waals surface area (Å²) in [6.45, 7) is 4.73. The Morgan fingerprint density at radius 3 is 2.61 bits per heavy atom. The summed E-state index contributed by atoms with van der Waals surface area (Å²) in [5.41, 5.74) is 1.67. The maximum Gasteiger partial charge on any atom is 0.243 e. The van der Waals surface area contributed by atoms with Gasteiger partial charge in [0.25, 0.3) is 0 Å². The van der Waals surface area contributed by atoms with E-state index in [-0.39, 0.29) is 6.61 Å². The molecule has 5 nitrogen and oxygen atoms in total. The smallest absolute Gasteiger partial charge is 0.243 e. The monoisotopic (exact) mass is 336 g/mol. The molecule has 1 N–H and O–H groups in total. The molecule has 0 radical (unpaired) electrons. The first-order chi connectivity index (χ1) is 11.0. The summed E-state index contributed by atoms with van der Waals surface area (Å²) in [7, 11) is -3.61. The lowest BCUT2D eigenvalue weighted by Crippen LogP contribution is -2.33. The molecule has 1 aromatic heterocycles. The minimum Gasteiger partial charge on any atom is -0.396 e. The van der Waals surface area contributed by atoms with Crippen molar-refractivity contribution in [2.45, 2.75) is 38.0 Å². The topological polar surface area (TPSA) is 70.5 Å². The quantitative estimate of drug-likeness (QED) is 0.804. The normalized spacial score (nSPS) is 12.2. The van der Waals surface area contributed by atoms with Gasteiger partial charge >= 0.3 is 0 Å². The first-order valence-corrected chi connectivity index (χ1v) is 9.41. The average Bonchev–Trinajstić information content (AvgIpc) is 2.55. The molecule has 0 spiro atoms. The summed E-state index contributed by atoms with van der Waals surface area (Å²) in [6.07, 6.45) is 3.82. The predicted molar refractivity (Wildman–Crippen MR) is 91.8 cm³/mol. The number of aryl methyl sites for hydroxylation is 1. The van der Waals surface area contributed by atoms with Crippen molar-refractivity contribution in [3.05, 3.63) is 36.0 Å². The van der Waals surface area contributed by atoms with E-state index in [9.17, 15) is 8.42 Å². The SMILES string of the molecule is CCCCN(CCCO)S(=O)(=O)c1ccc(C)c2ncccc12. The van der Waals surface area contributed by atoms with E-state index in [1.54, 1.807) is 30.5 Å². The van der Waals surface area contributed by atoms with Crippen LogP contribution in [0.2, 0.25) is 0 Å². The Balaban J connectivity index is 2.50. The number of pyridine rings is 1. The molecule has 0 atom stereocenters. The van der Waals surface area contributed by atoms with E-state index in [0.29, 0.717) is 35.3 Å². The number of aromatic nitrogens is 1. The van der Waals surface area contributed by atoms with Crippen LogP contribution >= 0.6 is 0 Å². The van der Waals surface area contributed by atoms with Gasteiger partial charge in [0, 0.05) is 31.3 Å². The van der Waals surface area contributed by atoms with Crippen molar-refractivity contribution in [3.8, 4) is 0 Å². The van der Waals surface area contributed by atoms with Gasteiger partial charge in [0.1, 0.15) is 0 Å². The zero-order valence-electron chi connectivity index (χ0n) is 13.7. The van der Waals surface area contributed by atoms with E-state index < -0.39 is 10.0 Å². The fraction of sp³-hybridized carbons (Fsp3) is 0.471. The highest BCUT2D eigenvalue weighted by atomic mass is 32.2. The molecule has 2 rings (SSSR count). The molecular weight excluding hydrogens is 312 g/mol. The standard InChI is InChI=1S/C17H24N2O3S/c1-3-4-11-19(12-6-13-20)23(21,22)16-9-8-14(2)17-15(16)7-5-10-18-17/h5,7-10,20H,3-4,6,11-13H2,1-2H3. The second-order valence-corrected chi connectivity index (χ2v) is 7.52. The summed E-state index contributed by atoms with van der Waals surface area (Å²) in [5, 5.41) is 9.70. The molecule has 0 fully saturated rings.